The number of oxazole rings is 1. The van der Waals surface area contributed by atoms with Crippen LogP contribution in [0, 0.1) is 10.1 Å². The number of hydrogen-bond donors (Lipinski definition) is 0. The lowest BCUT2D eigenvalue weighted by molar-refractivity contribution is -0.384. The van der Waals surface area contributed by atoms with Crippen molar-refractivity contribution >= 4 is 23.3 Å². The Bertz CT molecular complexity index is 684. The van der Waals surface area contributed by atoms with Gasteiger partial charge in [0, 0.05) is 12.1 Å². The Morgan fingerprint density at radius 2 is 2.29 bits per heavy atom. The van der Waals surface area contributed by atoms with Crippen molar-refractivity contribution in [3.8, 4) is 11.8 Å². The number of nitro groups is 1. The highest BCUT2D eigenvalue weighted by Gasteiger charge is 2.16. The number of rotatable bonds is 5. The summed E-state index contributed by atoms with van der Waals surface area (Å²) in [5, 5.41) is 10.6. The first-order valence-electron chi connectivity index (χ1n) is 5.75. The van der Waals surface area contributed by atoms with Gasteiger partial charge in [-0.1, -0.05) is 11.6 Å². The van der Waals surface area contributed by atoms with Crippen molar-refractivity contribution in [3.05, 3.63) is 45.3 Å². The molecule has 0 unspecified atom stereocenters. The second-order valence-electron chi connectivity index (χ2n) is 3.69. The smallest absolute Gasteiger partial charge is 0.399 e. The minimum absolute atomic E-state index is 0.0140. The Kier molecular flexibility index (Phi) is 4.39. The van der Waals surface area contributed by atoms with E-state index < -0.39 is 10.9 Å². The van der Waals surface area contributed by atoms with Crippen LogP contribution in [0.15, 0.2) is 28.9 Å². The number of aromatic nitrogens is 1. The van der Waals surface area contributed by atoms with Crippen LogP contribution in [-0.2, 0) is 4.74 Å². The molecule has 0 amide bonds. The molecule has 1 aromatic heterocycles. The van der Waals surface area contributed by atoms with E-state index in [2.05, 4.69) is 4.98 Å². The highest BCUT2D eigenvalue weighted by atomic mass is 35.5. The molecule has 2 aromatic rings. The monoisotopic (exact) mass is 312 g/mol. The van der Waals surface area contributed by atoms with Gasteiger partial charge < -0.3 is 13.9 Å². The average molecular weight is 313 g/mol. The predicted octanol–water partition coefficient (Wildman–Crippen LogP) is 3.21. The van der Waals surface area contributed by atoms with Gasteiger partial charge in [0.05, 0.1) is 16.6 Å². The quantitative estimate of drug-likeness (QED) is 0.474. The Labute approximate surface area is 123 Å². The number of non-ortho nitro benzene ring substituents is 1. The molecule has 0 aliphatic rings. The van der Waals surface area contributed by atoms with Crippen LogP contribution in [0.4, 0.5) is 5.69 Å². The molecule has 0 saturated heterocycles. The van der Waals surface area contributed by atoms with Gasteiger partial charge in [0.2, 0.25) is 0 Å². The summed E-state index contributed by atoms with van der Waals surface area (Å²) in [6.45, 7) is 1.86. The van der Waals surface area contributed by atoms with Crippen molar-refractivity contribution in [2.24, 2.45) is 0 Å². The first-order valence-corrected chi connectivity index (χ1v) is 6.13. The standard InChI is InChI=1S/C12H9ClN2O6/c1-2-19-11(16)9-6-20-12(14-9)21-10-4-3-7(15(17)18)5-8(10)13/h3-6H,2H2,1H3. The summed E-state index contributed by atoms with van der Waals surface area (Å²) in [5.74, 6) is -0.537. The molecule has 0 N–H and O–H groups in total. The molecule has 1 aromatic carbocycles. The van der Waals surface area contributed by atoms with Crippen molar-refractivity contribution < 1.29 is 23.6 Å². The topological polar surface area (TPSA) is 105 Å². The lowest BCUT2D eigenvalue weighted by Crippen LogP contribution is -2.04. The average Bonchev–Trinajstić information content (AvgIpc) is 2.90. The van der Waals surface area contributed by atoms with Crippen molar-refractivity contribution in [3.63, 3.8) is 0 Å². The molecular weight excluding hydrogens is 304 g/mol. The minimum atomic E-state index is -0.647. The Morgan fingerprint density at radius 1 is 1.52 bits per heavy atom. The molecule has 0 spiro atoms. The van der Waals surface area contributed by atoms with Crippen LogP contribution >= 0.6 is 11.6 Å². The molecule has 0 aliphatic carbocycles. The Hall–Kier alpha value is -2.61. The number of hydrogen-bond acceptors (Lipinski definition) is 7. The molecule has 21 heavy (non-hydrogen) atoms. The number of carbonyl (C=O) groups is 1. The maximum Gasteiger partial charge on any atom is 0.399 e. The van der Waals surface area contributed by atoms with Gasteiger partial charge in [-0.15, -0.1) is 0 Å². The van der Waals surface area contributed by atoms with Crippen molar-refractivity contribution in [2.75, 3.05) is 6.61 Å². The van der Waals surface area contributed by atoms with Gasteiger partial charge in [0.25, 0.3) is 5.69 Å². The third-order valence-electron chi connectivity index (χ3n) is 2.29. The van der Waals surface area contributed by atoms with Gasteiger partial charge in [-0.25, -0.2) is 4.79 Å². The molecule has 0 fully saturated rings. The number of nitro benzene ring substituents is 1. The molecular formula is C12H9ClN2O6. The van der Waals surface area contributed by atoms with Gasteiger partial charge in [0.15, 0.2) is 11.4 Å². The SMILES string of the molecule is CCOC(=O)c1coc(Oc2ccc([N+](=O)[O-])cc2Cl)n1. The second-order valence-corrected chi connectivity index (χ2v) is 4.10. The van der Waals surface area contributed by atoms with Crippen molar-refractivity contribution in [1.29, 1.82) is 0 Å². The summed E-state index contributed by atoms with van der Waals surface area (Å²) in [6, 6.07) is 3.65. The maximum absolute atomic E-state index is 11.4. The van der Waals surface area contributed by atoms with Crippen LogP contribution in [-0.4, -0.2) is 22.5 Å². The van der Waals surface area contributed by atoms with E-state index in [1.165, 1.54) is 12.1 Å². The van der Waals surface area contributed by atoms with Crippen LogP contribution in [0.25, 0.3) is 0 Å². The number of nitrogens with zero attached hydrogens (tertiary/aromatic N) is 2. The zero-order chi connectivity index (χ0) is 15.4. The van der Waals surface area contributed by atoms with E-state index >= 15 is 0 Å². The molecule has 0 bridgehead atoms. The van der Waals surface area contributed by atoms with E-state index in [-0.39, 0.29) is 34.8 Å². The van der Waals surface area contributed by atoms with E-state index in [1.54, 1.807) is 6.92 Å². The van der Waals surface area contributed by atoms with Gasteiger partial charge in [-0.3, -0.25) is 10.1 Å². The fourth-order valence-corrected chi connectivity index (χ4v) is 1.60. The Balaban J connectivity index is 2.15. The lowest BCUT2D eigenvalue weighted by Gasteiger charge is -2.02. The lowest BCUT2D eigenvalue weighted by atomic mass is 10.3. The summed E-state index contributed by atoms with van der Waals surface area (Å²) in [7, 11) is 0. The van der Waals surface area contributed by atoms with E-state index in [0.29, 0.717) is 0 Å². The largest absolute Gasteiger partial charge is 0.461 e. The van der Waals surface area contributed by atoms with Gasteiger partial charge in [0.1, 0.15) is 6.26 Å². The molecule has 0 radical (unpaired) electrons. The zero-order valence-electron chi connectivity index (χ0n) is 10.7. The molecule has 2 rings (SSSR count). The summed E-state index contributed by atoms with van der Waals surface area (Å²) in [6.07, 6.45) is 0.848. The van der Waals surface area contributed by atoms with Crippen LogP contribution in [0.3, 0.4) is 0 Å². The van der Waals surface area contributed by atoms with E-state index in [9.17, 15) is 14.9 Å². The Morgan fingerprint density at radius 3 is 2.90 bits per heavy atom. The highest BCUT2D eigenvalue weighted by Crippen LogP contribution is 2.32. The first-order chi connectivity index (χ1) is 10.0. The molecule has 8 nitrogen and oxygen atoms in total. The van der Waals surface area contributed by atoms with E-state index in [4.69, 9.17) is 25.5 Å². The zero-order valence-corrected chi connectivity index (χ0v) is 11.5. The number of halogens is 1. The molecule has 110 valence electrons. The summed E-state index contributed by atoms with van der Waals surface area (Å²) >= 11 is 5.85. The number of benzene rings is 1. The highest BCUT2D eigenvalue weighted by molar-refractivity contribution is 6.32. The van der Waals surface area contributed by atoms with Gasteiger partial charge in [-0.05, 0) is 13.0 Å². The fraction of sp³-hybridized carbons (Fsp3) is 0.167. The third kappa shape index (κ3) is 3.48. The van der Waals surface area contributed by atoms with Crippen molar-refractivity contribution in [2.45, 2.75) is 6.92 Å². The predicted molar refractivity (Wildman–Crippen MR) is 70.6 cm³/mol. The van der Waals surface area contributed by atoms with Gasteiger partial charge in [-0.2, -0.15) is 4.98 Å². The first kappa shape index (κ1) is 14.8. The summed E-state index contributed by atoms with van der Waals surface area (Å²) in [5.41, 5.74) is -0.225. The summed E-state index contributed by atoms with van der Waals surface area (Å²) < 4.78 is 14.9. The maximum atomic E-state index is 11.4. The molecule has 1 heterocycles. The van der Waals surface area contributed by atoms with Crippen LogP contribution < -0.4 is 4.74 Å². The van der Waals surface area contributed by atoms with Crippen LogP contribution in [0.1, 0.15) is 17.4 Å². The minimum Gasteiger partial charge on any atom is -0.461 e. The molecule has 0 atom stereocenters. The summed E-state index contributed by atoms with van der Waals surface area (Å²) in [4.78, 5) is 25.2. The van der Waals surface area contributed by atoms with Crippen LogP contribution in [0.5, 0.6) is 11.8 Å². The van der Waals surface area contributed by atoms with Crippen molar-refractivity contribution in [1.82, 2.24) is 4.98 Å². The second kappa shape index (κ2) is 6.23. The molecule has 0 saturated carbocycles. The van der Waals surface area contributed by atoms with E-state index in [0.717, 1.165) is 12.3 Å². The normalized spacial score (nSPS) is 10.2. The van der Waals surface area contributed by atoms with E-state index in [1.807, 2.05) is 0 Å². The number of ether oxygens (including phenoxy) is 2. The van der Waals surface area contributed by atoms with Gasteiger partial charge >= 0.3 is 12.0 Å². The third-order valence-corrected chi connectivity index (χ3v) is 2.59. The molecule has 9 heteroatoms. The molecule has 0 aliphatic heterocycles. The van der Waals surface area contributed by atoms with Crippen LogP contribution in [0.2, 0.25) is 5.02 Å². The number of carbonyl (C=O) groups excluding carboxylic acids is 1. The fourth-order valence-electron chi connectivity index (χ4n) is 1.38. The number of esters is 1.